The summed E-state index contributed by atoms with van der Waals surface area (Å²) in [5.74, 6) is 2.42. The van der Waals surface area contributed by atoms with Gasteiger partial charge >= 0.3 is 6.18 Å². The van der Waals surface area contributed by atoms with Crippen LogP contribution in [0.15, 0.2) is 42.5 Å². The lowest BCUT2D eigenvalue weighted by Gasteiger charge is -2.28. The predicted molar refractivity (Wildman–Crippen MR) is 144 cm³/mol. The Labute approximate surface area is 226 Å². The van der Waals surface area contributed by atoms with Crippen LogP contribution < -0.4 is 0 Å². The number of aryl methyl sites for hydroxylation is 1. The maximum absolute atomic E-state index is 15.1. The summed E-state index contributed by atoms with van der Waals surface area (Å²) in [6.45, 7) is 2.24. The van der Waals surface area contributed by atoms with Crippen LogP contribution in [0.5, 0.6) is 0 Å². The first kappa shape index (κ1) is 29.1. The van der Waals surface area contributed by atoms with Gasteiger partial charge in [-0.25, -0.2) is 13.2 Å². The third-order valence-corrected chi connectivity index (χ3v) is 7.96. The van der Waals surface area contributed by atoms with Crippen LogP contribution in [-0.4, -0.2) is 0 Å². The largest absolute Gasteiger partial charge is 0.422 e. The van der Waals surface area contributed by atoms with Crippen molar-refractivity contribution < 1.29 is 26.3 Å². The van der Waals surface area contributed by atoms with Crippen molar-refractivity contribution in [1.82, 2.24) is 0 Å². The highest BCUT2D eigenvalue weighted by molar-refractivity contribution is 5.85. The number of unbranched alkanes of at least 4 members (excludes halogenated alkanes) is 3. The van der Waals surface area contributed by atoms with Crippen molar-refractivity contribution in [2.75, 3.05) is 0 Å². The van der Waals surface area contributed by atoms with Gasteiger partial charge in [0.05, 0.1) is 5.56 Å². The summed E-state index contributed by atoms with van der Waals surface area (Å²) >= 11 is 0. The van der Waals surface area contributed by atoms with Gasteiger partial charge in [0.15, 0.2) is 0 Å². The molecule has 1 saturated carbocycles. The Bertz CT molecular complexity index is 1310. The van der Waals surface area contributed by atoms with Gasteiger partial charge in [-0.3, -0.25) is 0 Å². The Balaban J connectivity index is 1.38. The van der Waals surface area contributed by atoms with Crippen molar-refractivity contribution in [1.29, 1.82) is 0 Å². The van der Waals surface area contributed by atoms with E-state index in [2.05, 4.69) is 18.8 Å². The molecule has 39 heavy (non-hydrogen) atoms. The second kappa shape index (κ2) is 12.9. The highest BCUT2D eigenvalue weighted by Crippen LogP contribution is 2.35. The van der Waals surface area contributed by atoms with Crippen LogP contribution >= 0.6 is 0 Å². The van der Waals surface area contributed by atoms with Gasteiger partial charge in [0.2, 0.25) is 0 Å². The average molecular weight is 545 g/mol. The zero-order chi connectivity index (χ0) is 28.0. The predicted octanol–water partition coefficient (Wildman–Crippen LogP) is 10.4. The molecule has 3 aromatic rings. The van der Waals surface area contributed by atoms with Gasteiger partial charge in [-0.1, -0.05) is 101 Å². The van der Waals surface area contributed by atoms with Crippen molar-refractivity contribution in [3.05, 3.63) is 82.2 Å². The van der Waals surface area contributed by atoms with Crippen molar-refractivity contribution in [3.63, 3.8) is 0 Å². The Hall–Kier alpha value is -2.94. The highest BCUT2D eigenvalue weighted by Gasteiger charge is 2.37. The van der Waals surface area contributed by atoms with E-state index in [1.807, 2.05) is 12.1 Å². The molecule has 0 radical (unpaired) electrons. The summed E-state index contributed by atoms with van der Waals surface area (Å²) in [4.78, 5) is 0. The van der Waals surface area contributed by atoms with Crippen LogP contribution in [-0.2, 0) is 12.6 Å². The Morgan fingerprint density at radius 2 is 1.44 bits per heavy atom. The van der Waals surface area contributed by atoms with Crippen LogP contribution in [0.3, 0.4) is 0 Å². The van der Waals surface area contributed by atoms with Gasteiger partial charge in [-0.2, -0.15) is 13.2 Å². The maximum atomic E-state index is 15.1. The molecule has 0 aromatic heterocycles. The van der Waals surface area contributed by atoms with E-state index in [1.165, 1.54) is 63.9 Å². The molecule has 1 fully saturated rings. The topological polar surface area (TPSA) is 0 Å². The molecule has 0 bridgehead atoms. The van der Waals surface area contributed by atoms with Crippen LogP contribution in [0.1, 0.15) is 93.4 Å². The lowest BCUT2D eigenvalue weighted by atomic mass is 9.77. The van der Waals surface area contributed by atoms with Crippen molar-refractivity contribution in [2.45, 2.75) is 83.7 Å². The molecular weight excluding hydrogens is 510 g/mol. The maximum Gasteiger partial charge on any atom is 0.422 e. The lowest BCUT2D eigenvalue weighted by molar-refractivity contribution is -0.142. The molecule has 0 amide bonds. The molecule has 0 aliphatic heterocycles. The van der Waals surface area contributed by atoms with Crippen molar-refractivity contribution >= 4 is 10.8 Å². The SMILES string of the molecule is CCCCCCC1CCC(CCc2ccc3c(F)c(C#Cc4cc(F)c(C(F)(F)F)c(F)c4)ccc3c2)CC1. The van der Waals surface area contributed by atoms with E-state index in [4.69, 9.17) is 0 Å². The van der Waals surface area contributed by atoms with Crippen molar-refractivity contribution in [3.8, 4) is 11.8 Å². The molecule has 0 nitrogen and oxygen atoms in total. The molecule has 1 aliphatic rings. The van der Waals surface area contributed by atoms with Gasteiger partial charge < -0.3 is 0 Å². The minimum Gasteiger partial charge on any atom is -0.206 e. The molecule has 0 spiro atoms. The van der Waals surface area contributed by atoms with Gasteiger partial charge in [-0.15, -0.1) is 0 Å². The standard InChI is InChI=1S/C33H34F6/c1-2-3-4-5-6-22-7-9-23(10-8-22)11-12-24-14-18-28-27(19-24)17-16-26(32(28)36)15-13-25-20-29(34)31(30(35)21-25)33(37,38)39/h14,16-23H,2-12H2,1H3. The van der Waals surface area contributed by atoms with E-state index in [0.29, 0.717) is 17.5 Å². The van der Waals surface area contributed by atoms with Crippen LogP contribution in [0.2, 0.25) is 0 Å². The van der Waals surface area contributed by atoms with Gasteiger partial charge in [0.25, 0.3) is 0 Å². The number of alkyl halides is 3. The quantitative estimate of drug-likeness (QED) is 0.150. The van der Waals surface area contributed by atoms with Gasteiger partial charge in [0, 0.05) is 10.9 Å². The molecule has 3 aromatic carbocycles. The van der Waals surface area contributed by atoms with Crippen LogP contribution in [0.4, 0.5) is 26.3 Å². The third kappa shape index (κ3) is 7.59. The lowest BCUT2D eigenvalue weighted by Crippen LogP contribution is -2.15. The highest BCUT2D eigenvalue weighted by atomic mass is 19.4. The molecule has 0 N–H and O–H groups in total. The van der Waals surface area contributed by atoms with Crippen LogP contribution in [0, 0.1) is 41.1 Å². The first-order chi connectivity index (χ1) is 18.7. The van der Waals surface area contributed by atoms with E-state index in [0.717, 1.165) is 35.6 Å². The summed E-state index contributed by atoms with van der Waals surface area (Å²) in [6, 6.07) is 9.85. The average Bonchev–Trinajstić information content (AvgIpc) is 2.89. The number of halogens is 6. The van der Waals surface area contributed by atoms with Crippen molar-refractivity contribution in [2.24, 2.45) is 11.8 Å². The van der Waals surface area contributed by atoms with E-state index in [-0.39, 0.29) is 11.1 Å². The molecule has 0 saturated heterocycles. The zero-order valence-corrected chi connectivity index (χ0v) is 22.2. The number of rotatable bonds is 8. The van der Waals surface area contributed by atoms with Crippen LogP contribution in [0.25, 0.3) is 10.8 Å². The molecular formula is C33H34F6. The summed E-state index contributed by atoms with van der Waals surface area (Å²) in [6.07, 6.45) is 8.84. The second-order valence-electron chi connectivity index (χ2n) is 10.8. The summed E-state index contributed by atoms with van der Waals surface area (Å²) in [5, 5.41) is 1.11. The molecule has 0 unspecified atom stereocenters. The fraction of sp³-hybridized carbons (Fsp3) is 0.455. The Morgan fingerprint density at radius 3 is 2.08 bits per heavy atom. The molecule has 0 heterocycles. The minimum absolute atomic E-state index is 0.00224. The molecule has 4 rings (SSSR count). The smallest absolute Gasteiger partial charge is 0.206 e. The van der Waals surface area contributed by atoms with Gasteiger partial charge in [-0.05, 0) is 53.8 Å². The van der Waals surface area contributed by atoms with E-state index < -0.39 is 29.2 Å². The number of hydrogen-bond acceptors (Lipinski definition) is 0. The summed E-state index contributed by atoms with van der Waals surface area (Å²) in [5.41, 5.74) is -1.12. The minimum atomic E-state index is -5.16. The monoisotopic (exact) mass is 544 g/mol. The molecule has 208 valence electrons. The first-order valence-corrected chi connectivity index (χ1v) is 13.9. The zero-order valence-electron chi connectivity index (χ0n) is 22.2. The first-order valence-electron chi connectivity index (χ1n) is 13.9. The number of benzene rings is 3. The number of fused-ring (bicyclic) bond motifs is 1. The Kier molecular flexibility index (Phi) is 9.64. The van der Waals surface area contributed by atoms with Gasteiger partial charge in [0.1, 0.15) is 23.0 Å². The van der Waals surface area contributed by atoms with E-state index in [1.54, 1.807) is 12.1 Å². The molecule has 6 heteroatoms. The second-order valence-corrected chi connectivity index (χ2v) is 10.8. The fourth-order valence-corrected chi connectivity index (χ4v) is 5.69. The Morgan fingerprint density at radius 1 is 0.769 bits per heavy atom. The van der Waals surface area contributed by atoms with E-state index in [9.17, 15) is 22.0 Å². The third-order valence-electron chi connectivity index (χ3n) is 7.96. The number of hydrogen-bond donors (Lipinski definition) is 0. The fourth-order valence-electron chi connectivity index (χ4n) is 5.69. The molecule has 1 aliphatic carbocycles. The summed E-state index contributed by atoms with van der Waals surface area (Å²) in [7, 11) is 0. The normalized spacial score (nSPS) is 17.7. The summed E-state index contributed by atoms with van der Waals surface area (Å²) < 4.78 is 81.1. The van der Waals surface area contributed by atoms with E-state index >= 15 is 4.39 Å². The molecule has 0 atom stereocenters.